The first kappa shape index (κ1) is 36.2. The summed E-state index contributed by atoms with van der Waals surface area (Å²) in [6.45, 7) is 10.7. The average Bonchev–Trinajstić information content (AvgIpc) is 3.97. The van der Waals surface area contributed by atoms with Crippen LogP contribution in [0.1, 0.15) is 84.0 Å². The summed E-state index contributed by atoms with van der Waals surface area (Å²) in [6, 6.07) is 16.1. The Morgan fingerprint density at radius 1 is 0.849 bits per heavy atom. The van der Waals surface area contributed by atoms with Gasteiger partial charge in [-0.25, -0.2) is 19.6 Å². The van der Waals surface area contributed by atoms with Crippen LogP contribution in [0.3, 0.4) is 0 Å². The number of hydrogen-bond donors (Lipinski definition) is 3. The molecule has 3 unspecified atom stereocenters. The normalized spacial score (nSPS) is 18.2. The Kier molecular flexibility index (Phi) is 10.0. The molecule has 3 aromatic heterocycles. The predicted octanol–water partition coefficient (Wildman–Crippen LogP) is 8.46. The van der Waals surface area contributed by atoms with E-state index in [1.807, 2.05) is 51.9 Å². The number of methoxy groups -OCH3 is 1. The van der Waals surface area contributed by atoms with Gasteiger partial charge in [0.1, 0.15) is 23.3 Å². The molecule has 5 heterocycles. The molecule has 7 rings (SSSR count). The van der Waals surface area contributed by atoms with Crippen molar-refractivity contribution in [2.75, 3.05) is 20.2 Å². The molecule has 5 aromatic rings. The minimum atomic E-state index is -0.677. The Hall–Kier alpha value is -5.17. The lowest BCUT2D eigenvalue weighted by molar-refractivity contribution is -0.135. The number of fused-ring (bicyclic) bond motifs is 1. The van der Waals surface area contributed by atoms with E-state index in [1.54, 1.807) is 16.2 Å². The van der Waals surface area contributed by atoms with E-state index in [4.69, 9.17) is 9.47 Å². The highest BCUT2D eigenvalue weighted by Crippen LogP contribution is 2.38. The van der Waals surface area contributed by atoms with Gasteiger partial charge in [-0.1, -0.05) is 50.2 Å². The number of carbonyl (C=O) groups is 3. The maximum absolute atomic E-state index is 13.5. The molecule has 2 aliphatic rings. The minimum Gasteiger partial charge on any atom is -0.453 e. The Labute approximate surface area is 313 Å². The molecular formula is C40H47N7O5S. The number of nitrogens with one attached hydrogen (secondary N) is 3. The van der Waals surface area contributed by atoms with Gasteiger partial charge in [-0.05, 0) is 81.0 Å². The second-order valence-electron chi connectivity index (χ2n) is 15.2. The molecule has 2 saturated heterocycles. The summed E-state index contributed by atoms with van der Waals surface area (Å²) in [7, 11) is 1.30. The Balaban J connectivity index is 1.04. The number of thiophene rings is 1. The highest BCUT2D eigenvalue weighted by molar-refractivity contribution is 7.22. The third kappa shape index (κ3) is 7.66. The lowest BCUT2D eigenvalue weighted by atomic mass is 10.0. The van der Waals surface area contributed by atoms with Crippen LogP contribution in [0.4, 0.5) is 9.59 Å². The van der Waals surface area contributed by atoms with Crippen molar-refractivity contribution >= 4 is 39.5 Å². The summed E-state index contributed by atoms with van der Waals surface area (Å²) in [5.74, 6) is 1.30. The number of alkyl carbamates (subject to hydrolysis) is 1. The molecule has 2 aromatic carbocycles. The van der Waals surface area contributed by atoms with Crippen molar-refractivity contribution in [3.8, 4) is 33.0 Å². The largest absolute Gasteiger partial charge is 0.453 e. The monoisotopic (exact) mass is 737 g/mol. The minimum absolute atomic E-state index is 0.0947. The summed E-state index contributed by atoms with van der Waals surface area (Å²) in [5, 5.41) is 3.87. The molecule has 0 aliphatic carbocycles. The molecule has 0 radical (unpaired) electrons. The number of likely N-dealkylation sites (tertiary alicyclic amines) is 2. The maximum atomic E-state index is 13.5. The van der Waals surface area contributed by atoms with Gasteiger partial charge in [-0.15, -0.1) is 11.3 Å². The molecule has 13 heteroatoms. The fourth-order valence-corrected chi connectivity index (χ4v) is 8.35. The summed E-state index contributed by atoms with van der Waals surface area (Å²) in [6.07, 6.45) is 6.16. The number of nitrogens with zero attached hydrogens (tertiary/aromatic N) is 4. The number of imidazole rings is 2. The van der Waals surface area contributed by atoms with Crippen molar-refractivity contribution < 1.29 is 23.9 Å². The van der Waals surface area contributed by atoms with Crippen molar-refractivity contribution in [2.24, 2.45) is 5.92 Å². The molecule has 53 heavy (non-hydrogen) atoms. The smallest absolute Gasteiger partial charge is 0.410 e. The van der Waals surface area contributed by atoms with E-state index < -0.39 is 17.7 Å². The van der Waals surface area contributed by atoms with Crippen LogP contribution in [-0.4, -0.2) is 79.7 Å². The van der Waals surface area contributed by atoms with Crippen LogP contribution in [0.15, 0.2) is 60.9 Å². The summed E-state index contributed by atoms with van der Waals surface area (Å²) < 4.78 is 11.6. The number of aromatic amines is 2. The fraction of sp³-hybridized carbons (Fsp3) is 0.425. The number of benzene rings is 2. The Bertz CT molecular complexity index is 2110. The first-order chi connectivity index (χ1) is 25.4. The Morgan fingerprint density at radius 3 is 2.06 bits per heavy atom. The number of ether oxygens (including phenoxy) is 2. The molecule has 278 valence electrons. The summed E-state index contributed by atoms with van der Waals surface area (Å²) >= 11 is 1.74. The number of hydrogen-bond acceptors (Lipinski definition) is 8. The number of H-pyrrole nitrogens is 2. The van der Waals surface area contributed by atoms with Gasteiger partial charge >= 0.3 is 12.2 Å². The molecule has 0 bridgehead atoms. The zero-order chi connectivity index (χ0) is 37.4. The zero-order valence-electron chi connectivity index (χ0n) is 31.1. The van der Waals surface area contributed by atoms with E-state index in [9.17, 15) is 14.4 Å². The van der Waals surface area contributed by atoms with Crippen molar-refractivity contribution in [2.45, 2.75) is 84.0 Å². The first-order valence-electron chi connectivity index (χ1n) is 18.3. The van der Waals surface area contributed by atoms with E-state index in [2.05, 4.69) is 73.8 Å². The van der Waals surface area contributed by atoms with Gasteiger partial charge in [0.25, 0.3) is 0 Å². The van der Waals surface area contributed by atoms with Gasteiger partial charge < -0.3 is 29.7 Å². The van der Waals surface area contributed by atoms with Crippen LogP contribution < -0.4 is 5.32 Å². The third-order valence-corrected chi connectivity index (χ3v) is 11.1. The van der Waals surface area contributed by atoms with Crippen molar-refractivity contribution in [3.05, 3.63) is 72.6 Å². The van der Waals surface area contributed by atoms with E-state index >= 15 is 0 Å². The predicted molar refractivity (Wildman–Crippen MR) is 205 cm³/mol. The van der Waals surface area contributed by atoms with E-state index in [0.29, 0.717) is 13.1 Å². The lowest BCUT2D eigenvalue weighted by Gasteiger charge is -2.30. The Morgan fingerprint density at radius 2 is 1.43 bits per heavy atom. The number of rotatable bonds is 8. The van der Waals surface area contributed by atoms with Gasteiger partial charge in [0, 0.05) is 28.2 Å². The molecular weight excluding hydrogens is 691 g/mol. The topological polar surface area (TPSA) is 146 Å². The van der Waals surface area contributed by atoms with Crippen LogP contribution >= 0.6 is 11.3 Å². The van der Waals surface area contributed by atoms with Crippen molar-refractivity contribution in [1.29, 1.82) is 0 Å². The lowest BCUT2D eigenvalue weighted by Crippen LogP contribution is -2.51. The zero-order valence-corrected chi connectivity index (χ0v) is 31.9. The molecule has 3 N–H and O–H groups in total. The van der Waals surface area contributed by atoms with Crippen molar-refractivity contribution in [3.63, 3.8) is 0 Å². The summed E-state index contributed by atoms with van der Waals surface area (Å²) in [5.41, 5.74) is 4.41. The van der Waals surface area contributed by atoms with Crippen LogP contribution in [0.5, 0.6) is 0 Å². The van der Waals surface area contributed by atoms with Gasteiger partial charge in [0.15, 0.2) is 0 Å². The first-order valence-corrected chi connectivity index (χ1v) is 19.1. The molecule has 3 amide bonds. The number of aromatic nitrogens is 4. The van der Waals surface area contributed by atoms with Crippen LogP contribution in [-0.2, 0) is 14.3 Å². The average molecular weight is 738 g/mol. The maximum Gasteiger partial charge on any atom is 0.410 e. The van der Waals surface area contributed by atoms with Gasteiger partial charge in [0.05, 0.1) is 43.0 Å². The molecule has 0 saturated carbocycles. The quantitative estimate of drug-likeness (QED) is 0.145. The number of amides is 3. The highest BCUT2D eigenvalue weighted by Gasteiger charge is 2.38. The summed E-state index contributed by atoms with van der Waals surface area (Å²) in [4.78, 5) is 59.4. The van der Waals surface area contributed by atoms with E-state index in [1.165, 1.54) is 22.1 Å². The fourth-order valence-electron chi connectivity index (χ4n) is 7.24. The van der Waals surface area contributed by atoms with Crippen molar-refractivity contribution in [1.82, 2.24) is 35.1 Å². The van der Waals surface area contributed by atoms with E-state index in [-0.39, 0.29) is 30.0 Å². The second kappa shape index (κ2) is 14.7. The molecule has 0 spiro atoms. The third-order valence-electron chi connectivity index (χ3n) is 9.94. The van der Waals surface area contributed by atoms with Crippen LogP contribution in [0.25, 0.3) is 43.0 Å². The van der Waals surface area contributed by atoms with Crippen LogP contribution in [0, 0.1) is 5.92 Å². The van der Waals surface area contributed by atoms with E-state index in [0.717, 1.165) is 65.4 Å². The van der Waals surface area contributed by atoms with Gasteiger partial charge in [-0.3, -0.25) is 9.69 Å². The van der Waals surface area contributed by atoms with Crippen LogP contribution in [0.2, 0.25) is 0 Å². The molecule has 2 aliphatic heterocycles. The molecule has 12 nitrogen and oxygen atoms in total. The molecule has 2 fully saturated rings. The highest BCUT2D eigenvalue weighted by atomic mass is 32.1. The second-order valence-corrected chi connectivity index (χ2v) is 16.3. The standard InChI is InChI=1S/C40H47N7O5S/c1-23(2)34(45-38(49)51-6)37(48)46-17-7-9-30(46)35-41-21-28(43-35)24-11-13-25(14-12-24)32-20-27-16-15-26(19-33(27)53-32)29-22-42-36(44-29)31-10-8-18-47(31)39(50)52-40(3,4)5/h11-16,19-23,30-31,34H,7-10,17-18H2,1-6H3,(H,41,43)(H,42,44)(H,45,49). The SMILES string of the molecule is COC(=O)NC(C(=O)N1CCCC1c1ncc(-c2ccc(-c3cc4ccc(-c5cnc(C6CCCN6C(=O)OC(C)(C)C)[nH]5)cc4s3)cc2)[nH]1)C(C)C. The van der Waals surface area contributed by atoms with Gasteiger partial charge in [0.2, 0.25) is 5.91 Å². The number of carbonyl (C=O) groups excluding carboxylic acids is 3. The molecule has 3 atom stereocenters. The van der Waals surface area contributed by atoms with Gasteiger partial charge in [-0.2, -0.15) is 0 Å².